The Hall–Kier alpha value is 0.386. The molecule has 3 nitrogen and oxygen atoms in total. The molecule has 4 heteroatoms. The molecular weight excluding hydrogens is 131 g/mol. The van der Waals surface area contributed by atoms with E-state index in [4.69, 9.17) is 5.11 Å². The first-order valence-electron chi connectivity index (χ1n) is 1.30. The number of rotatable bonds is 0. The maximum atomic E-state index is 8.19. The summed E-state index contributed by atoms with van der Waals surface area (Å²) in [4.78, 5) is 7.90. The molecule has 0 atom stereocenters. The topological polar surface area (TPSA) is 45.3 Å². The van der Waals surface area contributed by atoms with Gasteiger partial charge in [0.25, 0.3) is 0 Å². The molecule has 1 fully saturated rings. The molecule has 6 heavy (non-hydrogen) atoms. The Morgan fingerprint density at radius 3 is 1.67 bits per heavy atom. The van der Waals surface area contributed by atoms with Crippen LogP contribution in [-0.4, -0.2) is 11.1 Å². The van der Waals surface area contributed by atoms with Gasteiger partial charge in [-0.05, 0) is 0 Å². The van der Waals surface area contributed by atoms with Gasteiger partial charge in [0.2, 0.25) is 0 Å². The number of aliphatic hydroxyl groups is 1. The van der Waals surface area contributed by atoms with Crippen molar-refractivity contribution in [3.8, 4) is 0 Å². The molecule has 1 aliphatic rings. The SMILES string of the molecule is CC1(O)OO1.[Co]. The van der Waals surface area contributed by atoms with E-state index in [1.807, 2.05) is 0 Å². The standard InChI is InChI=1S/C2H4O3.Co/c1-2(3)4-5-2;/h3H,1H3;. The monoisotopic (exact) mass is 135 g/mol. The van der Waals surface area contributed by atoms with Crippen molar-refractivity contribution in [2.75, 3.05) is 0 Å². The van der Waals surface area contributed by atoms with Gasteiger partial charge < -0.3 is 5.11 Å². The summed E-state index contributed by atoms with van der Waals surface area (Å²) in [5.74, 6) is -1.25. The quantitative estimate of drug-likeness (QED) is 0.363. The average molecular weight is 135 g/mol. The van der Waals surface area contributed by atoms with Gasteiger partial charge in [-0.3, -0.25) is 0 Å². The van der Waals surface area contributed by atoms with Crippen LogP contribution >= 0.6 is 0 Å². The third-order valence-electron chi connectivity index (χ3n) is 0.325. The summed E-state index contributed by atoms with van der Waals surface area (Å²) in [6.07, 6.45) is 0. The Kier molecular flexibility index (Phi) is 1.57. The molecule has 0 bridgehead atoms. The van der Waals surface area contributed by atoms with Crippen LogP contribution in [0.1, 0.15) is 6.92 Å². The molecule has 1 aliphatic heterocycles. The van der Waals surface area contributed by atoms with Crippen molar-refractivity contribution in [3.63, 3.8) is 0 Å². The smallest absolute Gasteiger partial charge is 0.334 e. The normalized spacial score (nSPS) is 25.0. The first-order valence-corrected chi connectivity index (χ1v) is 1.30. The van der Waals surface area contributed by atoms with Gasteiger partial charge in [-0.1, -0.05) is 0 Å². The molecule has 0 aliphatic carbocycles. The van der Waals surface area contributed by atoms with E-state index in [0.717, 1.165) is 0 Å². The van der Waals surface area contributed by atoms with Gasteiger partial charge >= 0.3 is 5.97 Å². The molecule has 0 saturated carbocycles. The fourth-order valence-corrected chi connectivity index (χ4v) is 0.0603. The van der Waals surface area contributed by atoms with Crippen molar-refractivity contribution in [1.29, 1.82) is 0 Å². The molecule has 1 rings (SSSR count). The summed E-state index contributed by atoms with van der Waals surface area (Å²) >= 11 is 0. The van der Waals surface area contributed by atoms with Crippen molar-refractivity contribution in [2.24, 2.45) is 0 Å². The van der Waals surface area contributed by atoms with E-state index in [1.54, 1.807) is 0 Å². The van der Waals surface area contributed by atoms with Gasteiger partial charge in [-0.2, -0.15) is 9.78 Å². The minimum atomic E-state index is -1.25. The van der Waals surface area contributed by atoms with Crippen LogP contribution in [0.25, 0.3) is 0 Å². The van der Waals surface area contributed by atoms with Crippen LogP contribution in [0.3, 0.4) is 0 Å². The zero-order valence-corrected chi connectivity index (χ0v) is 4.14. The predicted octanol–water partition coefficient (Wildman–Crippen LogP) is -0.388. The first-order chi connectivity index (χ1) is 2.21. The van der Waals surface area contributed by atoms with Crippen molar-refractivity contribution in [1.82, 2.24) is 0 Å². The largest absolute Gasteiger partial charge is 0.340 e. The van der Waals surface area contributed by atoms with Crippen molar-refractivity contribution in [2.45, 2.75) is 12.9 Å². The zero-order chi connectivity index (χ0) is 3.91. The minimum absolute atomic E-state index is 0. The molecular formula is C2H4CoO3. The molecule has 39 valence electrons. The predicted molar refractivity (Wildman–Crippen MR) is 12.8 cm³/mol. The maximum absolute atomic E-state index is 8.19. The summed E-state index contributed by atoms with van der Waals surface area (Å²) in [7, 11) is 0. The third kappa shape index (κ3) is 1.73. The Morgan fingerprint density at radius 1 is 1.50 bits per heavy atom. The molecule has 0 aromatic carbocycles. The fraction of sp³-hybridized carbons (Fsp3) is 1.00. The molecule has 1 saturated heterocycles. The van der Waals surface area contributed by atoms with Gasteiger partial charge in [0.05, 0.1) is 0 Å². The van der Waals surface area contributed by atoms with Crippen LogP contribution in [0.2, 0.25) is 0 Å². The van der Waals surface area contributed by atoms with Crippen LogP contribution < -0.4 is 0 Å². The molecule has 1 radical (unpaired) electrons. The Bertz CT molecular complexity index is 46.8. The van der Waals surface area contributed by atoms with Gasteiger partial charge in [0.1, 0.15) is 0 Å². The molecule has 0 spiro atoms. The summed E-state index contributed by atoms with van der Waals surface area (Å²) in [5.41, 5.74) is 0. The second-order valence-electron chi connectivity index (χ2n) is 1.06. The Balaban J connectivity index is 0.000000250. The molecule has 1 N–H and O–H groups in total. The second-order valence-corrected chi connectivity index (χ2v) is 1.06. The summed E-state index contributed by atoms with van der Waals surface area (Å²) in [5, 5.41) is 8.19. The number of hydrogen-bond donors (Lipinski definition) is 1. The van der Waals surface area contributed by atoms with Crippen molar-refractivity contribution in [3.05, 3.63) is 0 Å². The summed E-state index contributed by atoms with van der Waals surface area (Å²) < 4.78 is 0. The van der Waals surface area contributed by atoms with Gasteiger partial charge in [0.15, 0.2) is 0 Å². The fourth-order valence-electron chi connectivity index (χ4n) is 0.0603. The van der Waals surface area contributed by atoms with Crippen molar-refractivity contribution < 1.29 is 31.7 Å². The molecule has 0 aromatic heterocycles. The Labute approximate surface area is 45.4 Å². The summed E-state index contributed by atoms with van der Waals surface area (Å²) in [6.45, 7) is 1.41. The maximum Gasteiger partial charge on any atom is 0.334 e. The van der Waals surface area contributed by atoms with Crippen molar-refractivity contribution >= 4 is 0 Å². The van der Waals surface area contributed by atoms with E-state index >= 15 is 0 Å². The van der Waals surface area contributed by atoms with E-state index in [0.29, 0.717) is 0 Å². The van der Waals surface area contributed by atoms with E-state index in [-0.39, 0.29) is 16.8 Å². The average Bonchev–Trinajstić information content (AvgIpc) is 1.76. The molecule has 0 aromatic rings. The first kappa shape index (κ1) is 6.39. The van der Waals surface area contributed by atoms with Gasteiger partial charge in [-0.25, -0.2) is 0 Å². The van der Waals surface area contributed by atoms with Crippen LogP contribution in [0, 0.1) is 0 Å². The van der Waals surface area contributed by atoms with E-state index in [9.17, 15) is 0 Å². The Morgan fingerprint density at radius 2 is 1.67 bits per heavy atom. The second kappa shape index (κ2) is 1.47. The number of hydrogen-bond acceptors (Lipinski definition) is 3. The molecule has 0 unspecified atom stereocenters. The molecule has 1 heterocycles. The summed E-state index contributed by atoms with van der Waals surface area (Å²) in [6, 6.07) is 0. The van der Waals surface area contributed by atoms with Crippen LogP contribution in [0.15, 0.2) is 0 Å². The van der Waals surface area contributed by atoms with Gasteiger partial charge in [0, 0.05) is 23.7 Å². The van der Waals surface area contributed by atoms with Crippen LogP contribution in [0.5, 0.6) is 0 Å². The molecule has 0 amide bonds. The van der Waals surface area contributed by atoms with E-state index in [2.05, 4.69) is 9.78 Å². The third-order valence-corrected chi connectivity index (χ3v) is 0.325. The zero-order valence-electron chi connectivity index (χ0n) is 3.10. The van der Waals surface area contributed by atoms with Gasteiger partial charge in [-0.15, -0.1) is 0 Å². The van der Waals surface area contributed by atoms with E-state index in [1.165, 1.54) is 6.92 Å². The van der Waals surface area contributed by atoms with Crippen LogP contribution in [0.4, 0.5) is 0 Å². The van der Waals surface area contributed by atoms with E-state index < -0.39 is 5.97 Å². The minimum Gasteiger partial charge on any atom is -0.340 e. The van der Waals surface area contributed by atoms with Crippen LogP contribution in [-0.2, 0) is 26.6 Å².